The minimum atomic E-state index is -0.819. The van der Waals surface area contributed by atoms with Crippen LogP contribution in [0.15, 0.2) is 122 Å². The molecule has 0 spiro atoms. The molecule has 0 saturated heterocycles. The van der Waals surface area contributed by atoms with Gasteiger partial charge < -0.3 is 14.2 Å². The number of ether oxygens (including phenoxy) is 3. The second-order valence-corrected chi connectivity index (χ2v) is 18.8. The first-order chi connectivity index (χ1) is 35.0. The highest BCUT2D eigenvalue weighted by molar-refractivity contribution is 5.71. The van der Waals surface area contributed by atoms with E-state index in [9.17, 15) is 14.4 Å². The highest BCUT2D eigenvalue weighted by Gasteiger charge is 2.19. The molecule has 0 N–H and O–H groups in total. The smallest absolute Gasteiger partial charge is 0.306 e. The number of carbonyl (C=O) groups is 3. The normalized spacial score (nSPS) is 13.0. The van der Waals surface area contributed by atoms with E-state index in [1.807, 2.05) is 0 Å². The van der Waals surface area contributed by atoms with Gasteiger partial charge in [0.15, 0.2) is 6.10 Å². The van der Waals surface area contributed by atoms with E-state index in [4.69, 9.17) is 14.2 Å². The van der Waals surface area contributed by atoms with Gasteiger partial charge in [-0.2, -0.15) is 0 Å². The Hall–Kier alpha value is -4.19. The van der Waals surface area contributed by atoms with Gasteiger partial charge >= 0.3 is 17.9 Å². The van der Waals surface area contributed by atoms with Gasteiger partial charge in [-0.05, 0) is 128 Å². The van der Waals surface area contributed by atoms with Crippen molar-refractivity contribution in [1.29, 1.82) is 0 Å². The lowest BCUT2D eigenvalue weighted by Gasteiger charge is -2.18. The second kappa shape index (κ2) is 58.4. The monoisotopic (exact) mass is 983 g/mol. The summed E-state index contributed by atoms with van der Waals surface area (Å²) in [6.45, 7) is 6.40. The molecule has 0 aromatic rings. The maximum atomic E-state index is 12.9. The summed E-state index contributed by atoms with van der Waals surface area (Å²) in [5, 5.41) is 0. The molecule has 0 radical (unpaired) electrons. The van der Waals surface area contributed by atoms with Crippen LogP contribution in [0.4, 0.5) is 0 Å². The van der Waals surface area contributed by atoms with Crippen LogP contribution in [0, 0.1) is 0 Å². The molecule has 0 aromatic heterocycles. The molecule has 0 aliphatic rings. The van der Waals surface area contributed by atoms with Crippen LogP contribution in [-0.4, -0.2) is 37.2 Å². The molecule has 0 fully saturated rings. The van der Waals surface area contributed by atoms with E-state index in [0.717, 1.165) is 109 Å². The SMILES string of the molecule is CC/C=C\C/C=C\C/C=C\C/C=C\CCCCCCC(=O)O[C@@H](COC(=O)CCC/C=C\C/C=C\C/C=C\C/C=C\CCCCC)COC(=O)CCCCCCCCCCC/C=C\C/C=C\CCCCC. The van der Waals surface area contributed by atoms with Crippen molar-refractivity contribution >= 4 is 17.9 Å². The lowest BCUT2D eigenvalue weighted by molar-refractivity contribution is -0.167. The summed E-state index contributed by atoms with van der Waals surface area (Å²) >= 11 is 0. The van der Waals surface area contributed by atoms with Gasteiger partial charge in [0.2, 0.25) is 0 Å². The molecule has 0 aliphatic carbocycles. The minimum Gasteiger partial charge on any atom is -0.462 e. The summed E-state index contributed by atoms with van der Waals surface area (Å²) in [6, 6.07) is 0. The van der Waals surface area contributed by atoms with E-state index in [-0.39, 0.29) is 44.0 Å². The number of carbonyl (C=O) groups excluding carboxylic acids is 3. The van der Waals surface area contributed by atoms with E-state index in [2.05, 4.69) is 142 Å². The maximum absolute atomic E-state index is 12.9. The molecule has 402 valence electrons. The fourth-order valence-electron chi connectivity index (χ4n) is 7.57. The lowest BCUT2D eigenvalue weighted by atomic mass is 10.1. The highest BCUT2D eigenvalue weighted by atomic mass is 16.6. The number of allylic oxidation sites excluding steroid dienone is 20. The van der Waals surface area contributed by atoms with Crippen molar-refractivity contribution in [2.24, 2.45) is 0 Å². The predicted molar refractivity (Wildman–Crippen MR) is 306 cm³/mol. The summed E-state index contributed by atoms with van der Waals surface area (Å²) in [4.78, 5) is 38.2. The predicted octanol–water partition coefficient (Wildman–Crippen LogP) is 19.6. The third-order valence-electron chi connectivity index (χ3n) is 11.9. The van der Waals surface area contributed by atoms with E-state index in [1.54, 1.807) is 0 Å². The molecule has 6 heteroatoms. The summed E-state index contributed by atoms with van der Waals surface area (Å²) in [5.74, 6) is -0.998. The van der Waals surface area contributed by atoms with Gasteiger partial charge in [0, 0.05) is 19.3 Å². The van der Waals surface area contributed by atoms with Crippen molar-refractivity contribution in [2.45, 2.75) is 258 Å². The van der Waals surface area contributed by atoms with Crippen molar-refractivity contribution in [3.63, 3.8) is 0 Å². The van der Waals surface area contributed by atoms with Gasteiger partial charge in [0.25, 0.3) is 0 Å². The standard InChI is InChI=1S/C65H106O6/c1-4-7-10-13-16-19-22-25-28-31-32-35-37-40-43-46-49-52-55-58-64(67)70-61-62(71-65(68)59-56-53-50-47-44-41-38-34-30-27-24-21-18-15-12-9-6-3)60-69-63(66)57-54-51-48-45-42-39-36-33-29-26-23-20-17-14-11-8-5-2/h9,12,16-21,25-30,36,38-39,41,45,48,62H,4-8,10-11,13-15,22-24,31-35,37,40,42-44,46-47,49-61H2,1-3H3/b12-9-,19-16-,20-17-,21-18-,28-25-,29-26-,30-27-,39-36-,41-38-,48-45-/t62-/m0/s1. The van der Waals surface area contributed by atoms with Crippen molar-refractivity contribution in [1.82, 2.24) is 0 Å². The van der Waals surface area contributed by atoms with E-state index >= 15 is 0 Å². The molecule has 0 saturated carbocycles. The number of hydrogen-bond acceptors (Lipinski definition) is 6. The lowest BCUT2D eigenvalue weighted by Crippen LogP contribution is -2.30. The molecule has 0 rings (SSSR count). The first-order valence-corrected chi connectivity index (χ1v) is 29.0. The third-order valence-corrected chi connectivity index (χ3v) is 11.9. The van der Waals surface area contributed by atoms with Crippen LogP contribution >= 0.6 is 0 Å². The molecule has 6 nitrogen and oxygen atoms in total. The molecular formula is C65H106O6. The minimum absolute atomic E-state index is 0.110. The van der Waals surface area contributed by atoms with Gasteiger partial charge in [-0.15, -0.1) is 0 Å². The Kier molecular flexibility index (Phi) is 54.9. The van der Waals surface area contributed by atoms with Crippen LogP contribution in [0.5, 0.6) is 0 Å². The number of rotatable bonds is 51. The van der Waals surface area contributed by atoms with E-state index < -0.39 is 6.10 Å². The van der Waals surface area contributed by atoms with Crippen LogP contribution in [0.1, 0.15) is 252 Å². The molecule has 0 heterocycles. The first-order valence-electron chi connectivity index (χ1n) is 29.0. The highest BCUT2D eigenvalue weighted by Crippen LogP contribution is 2.14. The zero-order valence-corrected chi connectivity index (χ0v) is 45.9. The van der Waals surface area contributed by atoms with Crippen LogP contribution in [0.2, 0.25) is 0 Å². The zero-order chi connectivity index (χ0) is 51.4. The molecule has 71 heavy (non-hydrogen) atoms. The topological polar surface area (TPSA) is 78.9 Å². The van der Waals surface area contributed by atoms with Crippen LogP contribution < -0.4 is 0 Å². The number of unbranched alkanes of at least 4 members (excludes halogenated alkanes) is 20. The summed E-state index contributed by atoms with van der Waals surface area (Å²) in [7, 11) is 0. The van der Waals surface area contributed by atoms with Crippen LogP contribution in [0.3, 0.4) is 0 Å². The zero-order valence-electron chi connectivity index (χ0n) is 45.9. The number of hydrogen-bond donors (Lipinski definition) is 0. The molecule has 0 aromatic carbocycles. The maximum Gasteiger partial charge on any atom is 0.306 e. The van der Waals surface area contributed by atoms with Crippen molar-refractivity contribution in [3.05, 3.63) is 122 Å². The van der Waals surface area contributed by atoms with E-state index in [0.29, 0.717) is 12.8 Å². The first kappa shape index (κ1) is 66.8. The summed E-state index contributed by atoms with van der Waals surface area (Å²) in [5.41, 5.74) is 0. The third kappa shape index (κ3) is 56.6. The van der Waals surface area contributed by atoms with Gasteiger partial charge in [0.1, 0.15) is 13.2 Å². The average molecular weight is 984 g/mol. The fraction of sp³-hybridized carbons (Fsp3) is 0.646. The molecule has 0 bridgehead atoms. The summed E-state index contributed by atoms with van der Waals surface area (Å²) < 4.78 is 16.8. The Morgan fingerprint density at radius 1 is 0.296 bits per heavy atom. The molecular weight excluding hydrogens is 877 g/mol. The number of esters is 3. The van der Waals surface area contributed by atoms with Crippen LogP contribution in [-0.2, 0) is 28.6 Å². The Balaban J connectivity index is 4.52. The van der Waals surface area contributed by atoms with Crippen molar-refractivity contribution in [2.75, 3.05) is 13.2 Å². The van der Waals surface area contributed by atoms with Gasteiger partial charge in [-0.25, -0.2) is 0 Å². The molecule has 0 aliphatic heterocycles. The van der Waals surface area contributed by atoms with Crippen molar-refractivity contribution < 1.29 is 28.6 Å². The molecule has 0 amide bonds. The molecule has 1 atom stereocenters. The van der Waals surface area contributed by atoms with Gasteiger partial charge in [-0.3, -0.25) is 14.4 Å². The average Bonchev–Trinajstić information content (AvgIpc) is 3.37. The Labute approximate surface area is 437 Å². The van der Waals surface area contributed by atoms with Gasteiger partial charge in [0.05, 0.1) is 0 Å². The van der Waals surface area contributed by atoms with Crippen LogP contribution in [0.25, 0.3) is 0 Å². The quantitative estimate of drug-likeness (QED) is 0.0261. The van der Waals surface area contributed by atoms with Gasteiger partial charge in [-0.1, -0.05) is 226 Å². The Morgan fingerprint density at radius 2 is 0.563 bits per heavy atom. The largest absolute Gasteiger partial charge is 0.462 e. The summed E-state index contributed by atoms with van der Waals surface area (Å²) in [6.07, 6.45) is 80.4. The van der Waals surface area contributed by atoms with Crippen molar-refractivity contribution in [3.8, 4) is 0 Å². The van der Waals surface area contributed by atoms with E-state index in [1.165, 1.54) is 96.3 Å². The Morgan fingerprint density at radius 3 is 0.915 bits per heavy atom. The fourth-order valence-corrected chi connectivity index (χ4v) is 7.57. The second-order valence-electron chi connectivity index (χ2n) is 18.8. The molecule has 0 unspecified atom stereocenters. The Bertz CT molecular complexity index is 1500.